The molecule has 2 aliphatic rings. The number of nitrogens with two attached hydrogens (primary N) is 1. The number of allylic oxidation sites excluding steroid dienone is 2. The van der Waals surface area contributed by atoms with E-state index in [2.05, 4.69) is 0 Å². The fourth-order valence-electron chi connectivity index (χ4n) is 3.10. The molecule has 3 rings (SSSR count). The third-order valence-corrected chi connectivity index (χ3v) is 6.04. The smallest absolute Gasteiger partial charge is 0.340 e. The first-order valence-corrected chi connectivity index (χ1v) is 9.46. The van der Waals surface area contributed by atoms with E-state index in [1.807, 2.05) is 0 Å². The molecule has 0 aromatic heterocycles. The number of rotatable bonds is 4. The highest BCUT2D eigenvalue weighted by molar-refractivity contribution is 7.95. The summed E-state index contributed by atoms with van der Waals surface area (Å²) < 4.78 is 35.5. The molecule has 1 aromatic rings. The van der Waals surface area contributed by atoms with E-state index < -0.39 is 26.6 Å². The van der Waals surface area contributed by atoms with Crippen molar-refractivity contribution < 1.29 is 27.6 Å². The number of esters is 1. The Labute approximate surface area is 149 Å². The molecule has 2 aliphatic heterocycles. The van der Waals surface area contributed by atoms with E-state index in [0.717, 1.165) is 0 Å². The molecule has 2 N–H and O–H groups in total. The van der Waals surface area contributed by atoms with Crippen molar-refractivity contribution in [2.45, 2.75) is 19.3 Å². The Morgan fingerprint density at radius 3 is 2.85 bits per heavy atom. The van der Waals surface area contributed by atoms with Crippen LogP contribution in [0.2, 0.25) is 0 Å². The molecule has 0 spiro atoms. The minimum Gasteiger partial charge on any atom is -0.462 e. The third-order valence-electron chi connectivity index (χ3n) is 4.17. The van der Waals surface area contributed by atoms with Gasteiger partial charge in [-0.3, -0.25) is 10.1 Å². The normalized spacial score (nSPS) is 21.2. The molecule has 1 unspecified atom stereocenters. The van der Waals surface area contributed by atoms with Gasteiger partial charge in [0.05, 0.1) is 28.1 Å². The number of non-ortho nitro benzene ring substituents is 1. The zero-order chi connectivity index (χ0) is 19.1. The lowest BCUT2D eigenvalue weighted by atomic mass is 9.88. The van der Waals surface area contributed by atoms with Crippen molar-refractivity contribution in [1.29, 1.82) is 0 Å². The van der Waals surface area contributed by atoms with E-state index in [1.165, 1.54) is 24.3 Å². The number of nitro groups is 1. The Morgan fingerprint density at radius 1 is 1.46 bits per heavy atom. The summed E-state index contributed by atoms with van der Waals surface area (Å²) >= 11 is 0. The summed E-state index contributed by atoms with van der Waals surface area (Å²) in [5.74, 6) is -2.20. The quantitative estimate of drug-likeness (QED) is 0.471. The number of hydrogen-bond donors (Lipinski definition) is 1. The Morgan fingerprint density at radius 2 is 2.19 bits per heavy atom. The number of benzene rings is 1. The maximum atomic E-state index is 12.5. The molecule has 0 saturated heterocycles. The minimum atomic E-state index is -3.70. The predicted molar refractivity (Wildman–Crippen MR) is 90.2 cm³/mol. The van der Waals surface area contributed by atoms with Crippen LogP contribution in [-0.2, 0) is 24.1 Å². The highest BCUT2D eigenvalue weighted by atomic mass is 32.2. The Hall–Kier alpha value is -2.88. The van der Waals surface area contributed by atoms with Gasteiger partial charge >= 0.3 is 5.97 Å². The van der Waals surface area contributed by atoms with Crippen molar-refractivity contribution in [3.05, 3.63) is 62.1 Å². The summed E-state index contributed by atoms with van der Waals surface area (Å²) in [7, 11) is -3.70. The van der Waals surface area contributed by atoms with E-state index >= 15 is 0 Å². The molecule has 1 aromatic carbocycles. The lowest BCUT2D eigenvalue weighted by Gasteiger charge is -2.27. The number of carbonyl (C=O) groups is 1. The molecule has 26 heavy (non-hydrogen) atoms. The third kappa shape index (κ3) is 2.92. The largest absolute Gasteiger partial charge is 0.462 e. The molecule has 138 valence electrons. The number of sulfone groups is 1. The van der Waals surface area contributed by atoms with E-state index in [4.69, 9.17) is 15.2 Å². The second kappa shape index (κ2) is 6.45. The second-order valence-electron chi connectivity index (χ2n) is 5.74. The SMILES string of the molecule is CCOC(=O)C1=C(N)OC2=C(C1c1cccc([N+](=O)[O-])c1)S(=O)(=O)CC2. The predicted octanol–water partition coefficient (Wildman–Crippen LogP) is 1.47. The van der Waals surface area contributed by atoms with Crippen LogP contribution in [0.3, 0.4) is 0 Å². The van der Waals surface area contributed by atoms with Crippen LogP contribution in [0, 0.1) is 10.1 Å². The van der Waals surface area contributed by atoms with Crippen molar-refractivity contribution in [1.82, 2.24) is 0 Å². The Bertz CT molecular complexity index is 963. The van der Waals surface area contributed by atoms with E-state index in [9.17, 15) is 23.3 Å². The molecule has 0 radical (unpaired) electrons. The van der Waals surface area contributed by atoms with Crippen molar-refractivity contribution in [2.75, 3.05) is 12.4 Å². The average molecular weight is 380 g/mol. The van der Waals surface area contributed by atoms with Gasteiger partial charge in [0.2, 0.25) is 5.88 Å². The fraction of sp³-hybridized carbons (Fsp3) is 0.312. The van der Waals surface area contributed by atoms with Crippen LogP contribution in [0.25, 0.3) is 0 Å². The maximum Gasteiger partial charge on any atom is 0.340 e. The van der Waals surface area contributed by atoms with Gasteiger partial charge in [-0.25, -0.2) is 13.2 Å². The van der Waals surface area contributed by atoms with Crippen LogP contribution in [0.4, 0.5) is 5.69 Å². The van der Waals surface area contributed by atoms with E-state index in [-0.39, 0.29) is 52.2 Å². The molecule has 1 atom stereocenters. The van der Waals surface area contributed by atoms with Crippen LogP contribution in [0.5, 0.6) is 0 Å². The summed E-state index contributed by atoms with van der Waals surface area (Å²) in [6, 6.07) is 5.43. The molecule has 9 nitrogen and oxygen atoms in total. The first-order chi connectivity index (χ1) is 12.3. The molecule has 0 bridgehead atoms. The Kier molecular flexibility index (Phi) is 4.45. The van der Waals surface area contributed by atoms with Gasteiger partial charge < -0.3 is 15.2 Å². The van der Waals surface area contributed by atoms with Gasteiger partial charge in [-0.2, -0.15) is 0 Å². The summed E-state index contributed by atoms with van der Waals surface area (Å²) in [5, 5.41) is 11.1. The fourth-order valence-corrected chi connectivity index (χ4v) is 4.88. The highest BCUT2D eigenvalue weighted by Gasteiger charge is 2.46. The number of carbonyl (C=O) groups excluding carboxylic acids is 1. The second-order valence-corrected chi connectivity index (χ2v) is 7.82. The van der Waals surface area contributed by atoms with Crippen molar-refractivity contribution >= 4 is 21.5 Å². The lowest BCUT2D eigenvalue weighted by molar-refractivity contribution is -0.384. The first kappa shape index (κ1) is 17.9. The van der Waals surface area contributed by atoms with Crippen LogP contribution in [-0.4, -0.2) is 31.7 Å². The molecule has 10 heteroatoms. The van der Waals surface area contributed by atoms with Gasteiger partial charge in [0.15, 0.2) is 9.84 Å². The van der Waals surface area contributed by atoms with E-state index in [0.29, 0.717) is 0 Å². The number of hydrogen-bond acceptors (Lipinski definition) is 8. The van der Waals surface area contributed by atoms with Gasteiger partial charge in [0.25, 0.3) is 5.69 Å². The zero-order valence-electron chi connectivity index (χ0n) is 13.8. The van der Waals surface area contributed by atoms with Crippen LogP contribution >= 0.6 is 0 Å². The molecular formula is C16H16N2O7S. The molecular weight excluding hydrogens is 364 g/mol. The standard InChI is InChI=1S/C16H16N2O7S/c1-2-24-16(19)13-12(9-4-3-5-10(8-9)18(20)21)14-11(25-15(13)17)6-7-26(14,22)23/h3-5,8,12H,2,6-7,17H2,1H3. The zero-order valence-corrected chi connectivity index (χ0v) is 14.6. The first-order valence-electron chi connectivity index (χ1n) is 7.81. The summed E-state index contributed by atoms with van der Waals surface area (Å²) in [4.78, 5) is 22.8. The van der Waals surface area contributed by atoms with Crippen LogP contribution in [0.1, 0.15) is 24.8 Å². The highest BCUT2D eigenvalue weighted by Crippen LogP contribution is 2.47. The van der Waals surface area contributed by atoms with Gasteiger partial charge in [-0.1, -0.05) is 12.1 Å². The lowest BCUT2D eigenvalue weighted by Crippen LogP contribution is -2.27. The van der Waals surface area contributed by atoms with Gasteiger partial charge in [-0.05, 0) is 12.5 Å². The summed E-state index contributed by atoms with van der Waals surface area (Å²) in [6.07, 6.45) is 0.125. The Balaban J connectivity index is 2.22. The van der Waals surface area contributed by atoms with Gasteiger partial charge in [0, 0.05) is 18.6 Å². The molecule has 0 amide bonds. The summed E-state index contributed by atoms with van der Waals surface area (Å²) in [6.45, 7) is 1.65. The number of nitrogens with zero attached hydrogens (tertiary/aromatic N) is 1. The number of nitro benzene ring substituents is 1. The summed E-state index contributed by atoms with van der Waals surface area (Å²) in [5.41, 5.74) is 5.73. The maximum absolute atomic E-state index is 12.5. The van der Waals surface area contributed by atoms with Crippen molar-refractivity contribution in [3.63, 3.8) is 0 Å². The molecule has 2 heterocycles. The minimum absolute atomic E-state index is 0.0515. The van der Waals surface area contributed by atoms with Crippen LogP contribution < -0.4 is 5.73 Å². The molecule has 0 saturated carbocycles. The van der Waals surface area contributed by atoms with Gasteiger partial charge in [-0.15, -0.1) is 0 Å². The van der Waals surface area contributed by atoms with Crippen molar-refractivity contribution in [3.8, 4) is 0 Å². The molecule has 0 aliphatic carbocycles. The topological polar surface area (TPSA) is 139 Å². The van der Waals surface area contributed by atoms with Crippen molar-refractivity contribution in [2.24, 2.45) is 5.73 Å². The average Bonchev–Trinajstić information content (AvgIpc) is 2.88. The van der Waals surface area contributed by atoms with Crippen LogP contribution in [0.15, 0.2) is 46.4 Å². The van der Waals surface area contributed by atoms with Gasteiger partial charge in [0.1, 0.15) is 11.3 Å². The monoisotopic (exact) mass is 380 g/mol. The molecule has 0 fully saturated rings. The number of ether oxygens (including phenoxy) is 2. The van der Waals surface area contributed by atoms with E-state index in [1.54, 1.807) is 6.92 Å².